The predicted molar refractivity (Wildman–Crippen MR) is 122 cm³/mol. The van der Waals surface area contributed by atoms with Crippen LogP contribution in [0.3, 0.4) is 0 Å². The molecule has 0 aliphatic carbocycles. The van der Waals surface area contributed by atoms with Gasteiger partial charge >= 0.3 is 0 Å². The molecule has 5 nitrogen and oxygen atoms in total. The van der Waals surface area contributed by atoms with Gasteiger partial charge < -0.3 is 20.5 Å². The Morgan fingerprint density at radius 3 is 2.33 bits per heavy atom. The molecule has 2 aliphatic heterocycles. The molecule has 0 radical (unpaired) electrons. The molecule has 0 bridgehead atoms. The van der Waals surface area contributed by atoms with Crippen LogP contribution < -0.4 is 11.1 Å². The van der Waals surface area contributed by atoms with Crippen molar-refractivity contribution in [1.82, 2.24) is 5.32 Å². The molecule has 2 fully saturated rings. The van der Waals surface area contributed by atoms with Crippen molar-refractivity contribution in [2.24, 2.45) is 23.5 Å². The molecule has 2 saturated heterocycles. The zero-order valence-electron chi connectivity index (χ0n) is 16.1. The average molecular weight is 455 g/mol. The summed E-state index contributed by atoms with van der Waals surface area (Å²) in [5, 5.41) is 3.09. The van der Waals surface area contributed by atoms with Crippen molar-refractivity contribution >= 4 is 49.1 Å². The fourth-order valence-electron chi connectivity index (χ4n) is 3.22. The van der Waals surface area contributed by atoms with Crippen molar-refractivity contribution in [3.8, 4) is 0 Å². The maximum atomic E-state index is 12.7. The predicted octanol–water partition coefficient (Wildman–Crippen LogP) is 3.29. The molecule has 2 rings (SSSR count). The Labute approximate surface area is 180 Å². The third kappa shape index (κ3) is 10.4. The van der Waals surface area contributed by atoms with Crippen molar-refractivity contribution in [2.45, 2.75) is 25.7 Å². The Morgan fingerprint density at radius 1 is 0.963 bits per heavy atom. The Balaban J connectivity index is 1.59. The van der Waals surface area contributed by atoms with Crippen LogP contribution in [0.1, 0.15) is 25.7 Å². The standard InChI is InChI=1S/C18H34N2O3S4/c19-5-7-22-9-10-23-8-6-20-18(21)17(16-13-26-27-14-16)4-2-1-3-15-11-24-25-12-15/h15-17H,1-14,19H2,(H,20,21). The summed E-state index contributed by atoms with van der Waals surface area (Å²) in [5.74, 6) is 6.61. The van der Waals surface area contributed by atoms with Gasteiger partial charge in [0.05, 0.1) is 26.4 Å². The SMILES string of the molecule is NCCOCCOCCNC(=O)C(CCCCC1CSSC1)C1CSSC1. The van der Waals surface area contributed by atoms with Crippen LogP contribution >= 0.6 is 43.2 Å². The number of unbranched alkanes of at least 4 members (excludes halogenated alkanes) is 1. The summed E-state index contributed by atoms with van der Waals surface area (Å²) < 4.78 is 10.8. The summed E-state index contributed by atoms with van der Waals surface area (Å²) in [7, 11) is 7.85. The summed E-state index contributed by atoms with van der Waals surface area (Å²) >= 11 is 0. The number of amides is 1. The highest BCUT2D eigenvalue weighted by atomic mass is 33.1. The van der Waals surface area contributed by atoms with Gasteiger partial charge in [0, 0.05) is 42.0 Å². The first-order valence-corrected chi connectivity index (χ1v) is 14.9. The van der Waals surface area contributed by atoms with Crippen LogP contribution in [0.15, 0.2) is 0 Å². The topological polar surface area (TPSA) is 73.6 Å². The van der Waals surface area contributed by atoms with Gasteiger partial charge in [-0.05, 0) is 24.7 Å². The van der Waals surface area contributed by atoms with Crippen LogP contribution in [-0.2, 0) is 14.3 Å². The molecular weight excluding hydrogens is 420 g/mol. The minimum absolute atomic E-state index is 0.160. The van der Waals surface area contributed by atoms with Gasteiger partial charge in [-0.2, -0.15) is 0 Å². The molecule has 0 aromatic heterocycles. The van der Waals surface area contributed by atoms with E-state index >= 15 is 0 Å². The van der Waals surface area contributed by atoms with Crippen LogP contribution in [0.2, 0.25) is 0 Å². The fourth-order valence-corrected chi connectivity index (χ4v) is 9.26. The second kappa shape index (κ2) is 15.6. The summed E-state index contributed by atoms with van der Waals surface area (Å²) in [6.07, 6.45) is 4.78. The van der Waals surface area contributed by atoms with E-state index in [4.69, 9.17) is 15.2 Å². The normalized spacial score (nSPS) is 19.6. The lowest BCUT2D eigenvalue weighted by atomic mass is 9.88. The molecule has 1 amide bonds. The van der Waals surface area contributed by atoms with E-state index in [0.29, 0.717) is 45.4 Å². The second-order valence-electron chi connectivity index (χ2n) is 6.96. The van der Waals surface area contributed by atoms with Crippen molar-refractivity contribution in [3.05, 3.63) is 0 Å². The quantitative estimate of drug-likeness (QED) is 0.288. The van der Waals surface area contributed by atoms with Crippen LogP contribution in [0.25, 0.3) is 0 Å². The number of hydrogen-bond acceptors (Lipinski definition) is 8. The van der Waals surface area contributed by atoms with E-state index in [9.17, 15) is 4.79 Å². The average Bonchev–Trinajstić information content (AvgIpc) is 3.37. The highest BCUT2D eigenvalue weighted by molar-refractivity contribution is 8.77. The largest absolute Gasteiger partial charge is 0.378 e. The van der Waals surface area contributed by atoms with Crippen molar-refractivity contribution in [2.75, 3.05) is 62.5 Å². The first kappa shape index (κ1) is 24.0. The summed E-state index contributed by atoms with van der Waals surface area (Å²) in [6, 6.07) is 0. The fraction of sp³-hybridized carbons (Fsp3) is 0.944. The first-order chi connectivity index (χ1) is 13.3. The number of nitrogens with one attached hydrogen (secondary N) is 1. The number of carbonyl (C=O) groups excluding carboxylic acids is 1. The van der Waals surface area contributed by atoms with Gasteiger partial charge in [0.1, 0.15) is 0 Å². The number of nitrogens with two attached hydrogens (primary N) is 1. The summed E-state index contributed by atoms with van der Waals surface area (Å²) in [6.45, 7) is 3.33. The number of ether oxygens (including phenoxy) is 2. The monoisotopic (exact) mass is 454 g/mol. The van der Waals surface area contributed by atoms with E-state index in [1.807, 2.05) is 43.2 Å². The van der Waals surface area contributed by atoms with E-state index in [0.717, 1.165) is 23.8 Å². The van der Waals surface area contributed by atoms with Crippen molar-refractivity contribution in [1.29, 1.82) is 0 Å². The lowest BCUT2D eigenvalue weighted by Gasteiger charge is -2.22. The molecule has 3 N–H and O–H groups in total. The van der Waals surface area contributed by atoms with E-state index in [2.05, 4.69) is 5.32 Å². The van der Waals surface area contributed by atoms with Crippen LogP contribution in [0.4, 0.5) is 0 Å². The van der Waals surface area contributed by atoms with E-state index in [1.54, 1.807) is 0 Å². The molecule has 0 aromatic carbocycles. The van der Waals surface area contributed by atoms with Crippen LogP contribution in [0.5, 0.6) is 0 Å². The zero-order valence-corrected chi connectivity index (χ0v) is 19.3. The van der Waals surface area contributed by atoms with Gasteiger partial charge in [-0.25, -0.2) is 0 Å². The molecular formula is C18H34N2O3S4. The summed E-state index contributed by atoms with van der Waals surface area (Å²) in [5.41, 5.74) is 5.36. The van der Waals surface area contributed by atoms with Gasteiger partial charge in [0.15, 0.2) is 0 Å². The van der Waals surface area contributed by atoms with Gasteiger partial charge in [-0.1, -0.05) is 56.0 Å². The number of hydrogen-bond donors (Lipinski definition) is 2. The molecule has 1 atom stereocenters. The molecule has 27 heavy (non-hydrogen) atoms. The highest BCUT2D eigenvalue weighted by Crippen LogP contribution is 2.40. The van der Waals surface area contributed by atoms with Gasteiger partial charge in [-0.3, -0.25) is 4.79 Å². The smallest absolute Gasteiger partial charge is 0.223 e. The Morgan fingerprint density at radius 2 is 1.63 bits per heavy atom. The Kier molecular flexibility index (Phi) is 13.9. The number of carbonyl (C=O) groups is 1. The second-order valence-corrected chi connectivity index (χ2v) is 12.1. The first-order valence-electron chi connectivity index (χ1n) is 9.93. The van der Waals surface area contributed by atoms with E-state index < -0.39 is 0 Å². The molecule has 1 unspecified atom stereocenters. The molecule has 2 heterocycles. The molecule has 158 valence electrons. The highest BCUT2D eigenvalue weighted by Gasteiger charge is 2.31. The van der Waals surface area contributed by atoms with Crippen LogP contribution in [-0.4, -0.2) is 68.4 Å². The molecule has 0 saturated carbocycles. The Hall–Kier alpha value is 0.750. The summed E-state index contributed by atoms with van der Waals surface area (Å²) in [4.78, 5) is 12.7. The minimum atomic E-state index is 0.160. The van der Waals surface area contributed by atoms with Crippen molar-refractivity contribution in [3.63, 3.8) is 0 Å². The Bertz CT molecular complexity index is 395. The molecule has 0 spiro atoms. The third-order valence-electron chi connectivity index (χ3n) is 4.80. The minimum Gasteiger partial charge on any atom is -0.378 e. The van der Waals surface area contributed by atoms with E-state index in [1.165, 1.54) is 30.8 Å². The molecule has 9 heteroatoms. The van der Waals surface area contributed by atoms with Gasteiger partial charge in [0.25, 0.3) is 0 Å². The maximum Gasteiger partial charge on any atom is 0.223 e. The van der Waals surface area contributed by atoms with E-state index in [-0.39, 0.29) is 11.8 Å². The number of rotatable bonds is 15. The van der Waals surface area contributed by atoms with Gasteiger partial charge in [0.2, 0.25) is 5.91 Å². The molecule has 0 aromatic rings. The lowest BCUT2D eigenvalue weighted by molar-refractivity contribution is -0.126. The molecule has 2 aliphatic rings. The zero-order chi connectivity index (χ0) is 19.2. The third-order valence-corrected chi connectivity index (χ3v) is 10.1. The van der Waals surface area contributed by atoms with Crippen molar-refractivity contribution < 1.29 is 14.3 Å². The maximum absolute atomic E-state index is 12.7. The van der Waals surface area contributed by atoms with Gasteiger partial charge in [-0.15, -0.1) is 0 Å². The van der Waals surface area contributed by atoms with Crippen LogP contribution in [0, 0.1) is 17.8 Å². The lowest BCUT2D eigenvalue weighted by Crippen LogP contribution is -2.37.